The van der Waals surface area contributed by atoms with Crippen molar-refractivity contribution in [1.82, 2.24) is 0 Å². The average Bonchev–Trinajstić information content (AvgIpc) is 2.80. The number of unbranched alkanes of at least 4 members (excludes halogenated alkanes) is 2. The molecule has 33 heavy (non-hydrogen) atoms. The van der Waals surface area contributed by atoms with Gasteiger partial charge in [0.1, 0.15) is 17.2 Å². The highest BCUT2D eigenvalue weighted by molar-refractivity contribution is 6.07. The number of carbonyl (C=O) groups is 1. The molecule has 0 aliphatic rings. The lowest BCUT2D eigenvalue weighted by Gasteiger charge is -2.18. The van der Waals surface area contributed by atoms with Crippen LogP contribution in [-0.4, -0.2) is 19.0 Å². The second kappa shape index (κ2) is 14.2. The summed E-state index contributed by atoms with van der Waals surface area (Å²) in [5, 5.41) is 0. The lowest BCUT2D eigenvalue weighted by Crippen LogP contribution is -2.05. The van der Waals surface area contributed by atoms with Crippen molar-refractivity contribution in [2.75, 3.05) is 13.2 Å². The highest BCUT2D eigenvalue weighted by Gasteiger charge is 2.15. The van der Waals surface area contributed by atoms with Crippen molar-refractivity contribution in [2.24, 2.45) is 0 Å². The van der Waals surface area contributed by atoms with Crippen LogP contribution in [0.1, 0.15) is 81.3 Å². The maximum atomic E-state index is 12.9. The Kier molecular flexibility index (Phi) is 11.3. The molecule has 178 valence electrons. The molecule has 0 saturated carbocycles. The first kappa shape index (κ1) is 26.2. The number of hydrogen-bond acceptors (Lipinski definition) is 4. The van der Waals surface area contributed by atoms with Crippen LogP contribution in [0, 0.1) is 0 Å². The van der Waals surface area contributed by atoms with Crippen LogP contribution in [0.15, 0.2) is 54.8 Å². The number of allylic oxidation sites excluding steroid dienone is 2. The van der Waals surface area contributed by atoms with Crippen molar-refractivity contribution in [3.8, 4) is 17.2 Å². The summed E-state index contributed by atoms with van der Waals surface area (Å²) >= 11 is 0. The molecule has 0 spiro atoms. The summed E-state index contributed by atoms with van der Waals surface area (Å²) in [7, 11) is 0. The molecule has 0 unspecified atom stereocenters. The summed E-state index contributed by atoms with van der Waals surface area (Å²) in [6.45, 7) is 13.2. The number of aryl methyl sites for hydroxylation is 1. The lowest BCUT2D eigenvalue weighted by molar-refractivity contribution is 0.104. The Morgan fingerprint density at radius 3 is 2.18 bits per heavy atom. The van der Waals surface area contributed by atoms with Crippen molar-refractivity contribution >= 4 is 11.9 Å². The SMILES string of the molecule is C=C(C)Oc1ccc(C(=O)C=Cc2c(OCCCC)ccc(CCC)c2OCCCC)cc1. The Balaban J connectivity index is 2.36. The van der Waals surface area contributed by atoms with E-state index in [1.807, 2.05) is 12.1 Å². The summed E-state index contributed by atoms with van der Waals surface area (Å²) < 4.78 is 17.8. The predicted molar refractivity (Wildman–Crippen MR) is 136 cm³/mol. The molecular formula is C29H38O4. The molecule has 0 bridgehead atoms. The van der Waals surface area contributed by atoms with E-state index >= 15 is 0 Å². The molecular weight excluding hydrogens is 412 g/mol. The standard InChI is InChI=1S/C29H38O4/c1-6-9-20-31-28-19-14-24(11-8-3)29(32-21-10-7-2)26(28)17-18-27(30)23-12-15-25(16-13-23)33-22(4)5/h12-19H,4,6-11,20-21H2,1-3,5H3. The third-order valence-corrected chi connectivity index (χ3v) is 5.09. The molecule has 0 aliphatic carbocycles. The molecule has 0 aliphatic heterocycles. The highest BCUT2D eigenvalue weighted by Crippen LogP contribution is 2.35. The molecule has 0 atom stereocenters. The van der Waals surface area contributed by atoms with Crippen LogP contribution in [0.4, 0.5) is 0 Å². The van der Waals surface area contributed by atoms with Crippen LogP contribution in [-0.2, 0) is 6.42 Å². The van der Waals surface area contributed by atoms with Gasteiger partial charge in [-0.25, -0.2) is 0 Å². The maximum absolute atomic E-state index is 12.9. The second-order valence-corrected chi connectivity index (χ2v) is 8.15. The van der Waals surface area contributed by atoms with Gasteiger partial charge in [-0.05, 0) is 74.2 Å². The van der Waals surface area contributed by atoms with Crippen molar-refractivity contribution in [3.63, 3.8) is 0 Å². The Bertz CT molecular complexity index is 925. The van der Waals surface area contributed by atoms with Gasteiger partial charge in [0.05, 0.1) is 24.5 Å². The average molecular weight is 451 g/mol. The molecule has 2 rings (SSSR count). The van der Waals surface area contributed by atoms with Crippen molar-refractivity contribution in [1.29, 1.82) is 0 Å². The van der Waals surface area contributed by atoms with Crippen LogP contribution < -0.4 is 14.2 Å². The van der Waals surface area contributed by atoms with Gasteiger partial charge in [-0.15, -0.1) is 0 Å². The van der Waals surface area contributed by atoms with E-state index in [1.165, 1.54) is 0 Å². The number of ether oxygens (including phenoxy) is 3. The number of rotatable bonds is 15. The minimum absolute atomic E-state index is 0.0863. The lowest BCUT2D eigenvalue weighted by atomic mass is 10.0. The second-order valence-electron chi connectivity index (χ2n) is 8.15. The third-order valence-electron chi connectivity index (χ3n) is 5.09. The monoisotopic (exact) mass is 450 g/mol. The summed E-state index contributed by atoms with van der Waals surface area (Å²) in [6, 6.07) is 11.2. The van der Waals surface area contributed by atoms with E-state index in [0.29, 0.717) is 30.3 Å². The van der Waals surface area contributed by atoms with Gasteiger partial charge in [-0.2, -0.15) is 0 Å². The minimum Gasteiger partial charge on any atom is -0.493 e. The van der Waals surface area contributed by atoms with Gasteiger partial charge < -0.3 is 14.2 Å². The fraction of sp³-hybridized carbons (Fsp3) is 0.414. The molecule has 2 aromatic carbocycles. The Labute approximate surface area is 199 Å². The molecule has 2 aromatic rings. The van der Waals surface area contributed by atoms with Crippen molar-refractivity contribution < 1.29 is 19.0 Å². The van der Waals surface area contributed by atoms with Gasteiger partial charge in [-0.3, -0.25) is 4.79 Å². The van der Waals surface area contributed by atoms with E-state index in [9.17, 15) is 4.79 Å². The third kappa shape index (κ3) is 8.45. The summed E-state index contributed by atoms with van der Waals surface area (Å²) in [6.07, 6.45) is 9.43. The quantitative estimate of drug-likeness (QED) is 0.120. The summed E-state index contributed by atoms with van der Waals surface area (Å²) in [5.41, 5.74) is 2.57. The molecule has 0 amide bonds. The van der Waals surface area contributed by atoms with E-state index in [4.69, 9.17) is 14.2 Å². The fourth-order valence-electron chi connectivity index (χ4n) is 3.34. The molecule has 0 saturated heterocycles. The van der Waals surface area contributed by atoms with Crippen LogP contribution >= 0.6 is 0 Å². The van der Waals surface area contributed by atoms with Gasteiger partial charge >= 0.3 is 0 Å². The molecule has 0 heterocycles. The normalized spacial score (nSPS) is 10.9. The molecule has 0 N–H and O–H groups in total. The zero-order chi connectivity index (χ0) is 24.1. The first-order valence-corrected chi connectivity index (χ1v) is 12.1. The van der Waals surface area contributed by atoms with Gasteiger partial charge in [0.2, 0.25) is 0 Å². The molecule has 0 aromatic heterocycles. The highest BCUT2D eigenvalue weighted by atomic mass is 16.5. The van der Waals surface area contributed by atoms with E-state index in [-0.39, 0.29) is 5.78 Å². The van der Waals surface area contributed by atoms with Gasteiger partial charge in [0.15, 0.2) is 5.78 Å². The first-order chi connectivity index (χ1) is 16.0. The molecule has 0 radical (unpaired) electrons. The largest absolute Gasteiger partial charge is 0.493 e. The first-order valence-electron chi connectivity index (χ1n) is 12.1. The Hall–Kier alpha value is -3.01. The molecule has 4 heteroatoms. The van der Waals surface area contributed by atoms with E-state index in [1.54, 1.807) is 37.3 Å². The van der Waals surface area contributed by atoms with Gasteiger partial charge in [0, 0.05) is 5.56 Å². The number of ketones is 1. The number of benzene rings is 2. The summed E-state index contributed by atoms with van der Waals surface area (Å²) in [4.78, 5) is 12.9. The topological polar surface area (TPSA) is 44.8 Å². The van der Waals surface area contributed by atoms with Crippen LogP contribution in [0.2, 0.25) is 0 Å². The van der Waals surface area contributed by atoms with Gasteiger partial charge in [0.25, 0.3) is 0 Å². The van der Waals surface area contributed by atoms with E-state index < -0.39 is 0 Å². The van der Waals surface area contributed by atoms with Crippen LogP contribution in [0.25, 0.3) is 6.08 Å². The van der Waals surface area contributed by atoms with Crippen LogP contribution in [0.3, 0.4) is 0 Å². The number of hydrogen-bond donors (Lipinski definition) is 0. The van der Waals surface area contributed by atoms with Crippen LogP contribution in [0.5, 0.6) is 17.2 Å². The Morgan fingerprint density at radius 1 is 0.909 bits per heavy atom. The number of carbonyl (C=O) groups excluding carboxylic acids is 1. The Morgan fingerprint density at radius 2 is 1.58 bits per heavy atom. The minimum atomic E-state index is -0.0863. The maximum Gasteiger partial charge on any atom is 0.185 e. The zero-order valence-corrected chi connectivity index (χ0v) is 20.6. The van der Waals surface area contributed by atoms with E-state index in [0.717, 1.165) is 61.2 Å². The fourth-order valence-corrected chi connectivity index (χ4v) is 3.34. The van der Waals surface area contributed by atoms with Crippen molar-refractivity contribution in [2.45, 2.75) is 66.2 Å². The van der Waals surface area contributed by atoms with E-state index in [2.05, 4.69) is 33.4 Å². The molecule has 0 fully saturated rings. The zero-order valence-electron chi connectivity index (χ0n) is 20.6. The smallest absolute Gasteiger partial charge is 0.185 e. The van der Waals surface area contributed by atoms with Crippen molar-refractivity contribution in [3.05, 3.63) is 71.5 Å². The predicted octanol–water partition coefficient (Wildman–Crippen LogP) is 7.81. The molecule has 4 nitrogen and oxygen atoms in total. The summed E-state index contributed by atoms with van der Waals surface area (Å²) in [5.74, 6) is 2.76. The van der Waals surface area contributed by atoms with Gasteiger partial charge in [-0.1, -0.05) is 52.7 Å².